The van der Waals surface area contributed by atoms with Crippen LogP contribution in [0.25, 0.3) is 77.9 Å². The topological polar surface area (TPSA) is 46.9 Å². The Morgan fingerprint density at radius 2 is 0.412 bits per heavy atom. The van der Waals surface area contributed by atoms with Gasteiger partial charge >= 0.3 is 7.12 Å². The van der Waals surface area contributed by atoms with E-state index in [2.05, 4.69) is 468 Å². The summed E-state index contributed by atoms with van der Waals surface area (Å²) in [5.74, 6) is 0. The van der Waals surface area contributed by atoms with Gasteiger partial charge in [-0.05, 0) is 273 Å². The third-order valence-corrected chi connectivity index (χ3v) is 31.8. The van der Waals surface area contributed by atoms with Gasteiger partial charge in [0.25, 0.3) is 0 Å². The fraction of sp³-hybridized carbons (Fsp3) is 0.0769. The standard InChI is InChI=1S/C65H45N.C38H23Cl.C27H24BNO2/c1-63(2)53-27-11-6-21-47(53)52-40-39-45(41-61(52)63)66(43-19-4-3-5-20-43)44-37-35-42(36-38-44)46-26-18-34-60-62(46)65(56-30-14-9-24-50(56)51-25-10-15-31-57(51)65)59-33-17-16-32-58(59)64(60)54-28-12-7-22-48(54)49-23-8-13-29-55(49)64;39-35-23-11-22-34-36(35)38(30-18-7-3-14-26(30)27-15-4-8-19-31(27)38)33-21-10-9-20-32(33)37(34)28-16-5-1-12-24(28)25-13-2-6-17-29(25)37;1-27(2)25-11-7-6-10-23(25)24-17-16-22(18-26(24)27)29(20-8-4-3-5-9-20)21-14-12-19(13-15-21)28(30)31/h3-41H,1-2H3;1-23H;3-18,30-31H,1-2H3. The highest BCUT2D eigenvalue weighted by Crippen LogP contribution is 2.72. The van der Waals surface area contributed by atoms with Crippen molar-refractivity contribution in [3.8, 4) is 77.9 Å². The van der Waals surface area contributed by atoms with Crippen LogP contribution in [0.15, 0.2) is 473 Å². The van der Waals surface area contributed by atoms with Crippen LogP contribution in [0.5, 0.6) is 0 Å². The van der Waals surface area contributed by atoms with Crippen molar-refractivity contribution < 1.29 is 10.0 Å². The lowest BCUT2D eigenvalue weighted by Gasteiger charge is -2.49. The normalized spacial score (nSPS) is 14.9. The predicted molar refractivity (Wildman–Crippen MR) is 560 cm³/mol. The van der Waals surface area contributed by atoms with E-state index >= 15 is 0 Å². The Balaban J connectivity index is 0.000000116. The summed E-state index contributed by atoms with van der Waals surface area (Å²) in [6.45, 7) is 9.29. The molecule has 0 atom stereocenters. The van der Waals surface area contributed by atoms with Crippen LogP contribution in [0.2, 0.25) is 5.02 Å². The molecule has 20 aromatic rings. The van der Waals surface area contributed by atoms with Crippen molar-refractivity contribution in [3.63, 3.8) is 0 Å². The molecular weight excluding hydrogens is 1670 g/mol. The number of hydrogen-bond donors (Lipinski definition) is 2. The zero-order chi connectivity index (χ0) is 91.1. The molecule has 0 heterocycles. The summed E-state index contributed by atoms with van der Waals surface area (Å²) in [6.07, 6.45) is 0. The largest absolute Gasteiger partial charge is 0.488 e. The Hall–Kier alpha value is -15.7. The molecule has 28 rings (SSSR count). The summed E-state index contributed by atoms with van der Waals surface area (Å²) in [6, 6.07) is 174. The van der Waals surface area contributed by atoms with Gasteiger partial charge < -0.3 is 19.8 Å². The number of hydrogen-bond acceptors (Lipinski definition) is 4. The summed E-state index contributed by atoms with van der Waals surface area (Å²) >= 11 is 7.43. The van der Waals surface area contributed by atoms with Crippen molar-refractivity contribution >= 4 is 58.3 Å². The quantitative estimate of drug-likeness (QED) is 0.149. The van der Waals surface area contributed by atoms with Crippen molar-refractivity contribution in [3.05, 3.63) is 589 Å². The van der Waals surface area contributed by atoms with Gasteiger partial charge in [-0.2, -0.15) is 0 Å². The van der Waals surface area contributed by atoms with Gasteiger partial charge in [0.2, 0.25) is 0 Å². The van der Waals surface area contributed by atoms with Crippen LogP contribution in [0.3, 0.4) is 0 Å². The first-order valence-electron chi connectivity index (χ1n) is 47.4. The van der Waals surface area contributed by atoms with Gasteiger partial charge in [0.05, 0.1) is 21.7 Å². The first-order chi connectivity index (χ1) is 66.8. The molecular formula is C130H92BClN2O2. The molecule has 20 aromatic carbocycles. The highest BCUT2D eigenvalue weighted by Gasteiger charge is 2.62. The Bertz CT molecular complexity index is 8130. The predicted octanol–water partition coefficient (Wildman–Crippen LogP) is 30.7. The third-order valence-electron chi connectivity index (χ3n) is 31.5. The molecule has 8 aliphatic rings. The third kappa shape index (κ3) is 11.1. The Morgan fingerprint density at radius 3 is 0.750 bits per heavy atom. The fourth-order valence-corrected chi connectivity index (χ4v) is 26.4. The number of rotatable bonds is 8. The molecule has 4 nitrogen and oxygen atoms in total. The summed E-state index contributed by atoms with van der Waals surface area (Å²) in [4.78, 5) is 4.62. The average Bonchev–Trinajstić information content (AvgIpc) is 1.45. The Morgan fingerprint density at radius 1 is 0.184 bits per heavy atom. The average molecular weight is 1760 g/mol. The zero-order valence-corrected chi connectivity index (χ0v) is 76.5. The molecule has 0 unspecified atom stereocenters. The number of benzene rings is 20. The van der Waals surface area contributed by atoms with Gasteiger partial charge in [-0.15, -0.1) is 0 Å². The lowest BCUT2D eigenvalue weighted by Crippen LogP contribution is -2.44. The molecule has 4 spiro atoms. The Labute approximate surface area is 799 Å². The van der Waals surface area contributed by atoms with Crippen LogP contribution in [0.1, 0.15) is 139 Å². The molecule has 0 saturated heterocycles. The van der Waals surface area contributed by atoms with Crippen LogP contribution in [0.4, 0.5) is 34.1 Å². The number of fused-ring (bicyclic) bond motifs is 38. The fourth-order valence-electron chi connectivity index (χ4n) is 26.1. The minimum atomic E-state index is -1.47. The highest BCUT2D eigenvalue weighted by atomic mass is 35.5. The number of anilines is 6. The minimum Gasteiger partial charge on any atom is -0.423 e. The van der Waals surface area contributed by atoms with E-state index in [0.717, 1.165) is 39.1 Å². The lowest BCUT2D eigenvalue weighted by molar-refractivity contribution is 0.426. The van der Waals surface area contributed by atoms with E-state index < -0.39 is 28.8 Å². The van der Waals surface area contributed by atoms with Gasteiger partial charge in [-0.1, -0.05) is 434 Å². The van der Waals surface area contributed by atoms with E-state index in [1.807, 2.05) is 30.3 Å². The van der Waals surface area contributed by atoms with E-state index in [1.54, 1.807) is 12.1 Å². The first-order valence-corrected chi connectivity index (χ1v) is 47.8. The maximum atomic E-state index is 9.48. The summed E-state index contributed by atoms with van der Waals surface area (Å²) in [5, 5.41) is 19.8. The van der Waals surface area contributed by atoms with Crippen molar-refractivity contribution in [1.82, 2.24) is 0 Å². The molecule has 0 aliphatic heterocycles. The zero-order valence-electron chi connectivity index (χ0n) is 75.8. The Kier molecular flexibility index (Phi) is 18.3. The number of halogens is 1. The van der Waals surface area contributed by atoms with Crippen LogP contribution in [-0.2, 0) is 32.5 Å². The second kappa shape index (κ2) is 30.7. The van der Waals surface area contributed by atoms with E-state index in [0.29, 0.717) is 5.46 Å². The van der Waals surface area contributed by atoms with Gasteiger partial charge in [0.1, 0.15) is 0 Å². The molecule has 0 fully saturated rings. The summed E-state index contributed by atoms with van der Waals surface area (Å²) in [7, 11) is -1.47. The molecule has 136 heavy (non-hydrogen) atoms. The molecule has 0 bridgehead atoms. The number of para-hydroxylation sites is 2. The molecule has 6 heteroatoms. The lowest BCUT2D eigenvalue weighted by atomic mass is 9.51. The van der Waals surface area contributed by atoms with Gasteiger partial charge in [0, 0.05) is 50.0 Å². The molecule has 0 aromatic heterocycles. The van der Waals surface area contributed by atoms with E-state index in [1.165, 1.54) is 189 Å². The highest BCUT2D eigenvalue weighted by molar-refractivity contribution is 6.58. The molecule has 8 aliphatic carbocycles. The monoisotopic (exact) mass is 1760 g/mol. The van der Waals surface area contributed by atoms with Crippen LogP contribution in [-0.4, -0.2) is 17.2 Å². The van der Waals surface area contributed by atoms with E-state index in [9.17, 15) is 10.0 Å². The SMILES string of the molecule is CC1(C)c2ccccc2-c2ccc(N(c3ccccc3)c3ccc(-c4cccc5c4C4(c6ccccc6-c6ccccc64)c4ccccc4C54c5ccccc5-c5ccccc54)cc3)cc21.CC1(C)c2ccccc2-c2ccc(N(c3ccccc3)c3ccc(B(O)O)cc3)cc21.Clc1cccc2c1C1(c3ccccc3-c3ccccc31)c1ccccc1C21c2ccccc2-c2ccccc21. The van der Waals surface area contributed by atoms with Crippen LogP contribution >= 0.6 is 11.6 Å². The maximum absolute atomic E-state index is 9.48. The first kappa shape index (κ1) is 81.1. The second-order valence-corrected chi connectivity index (χ2v) is 38.9. The van der Waals surface area contributed by atoms with Crippen molar-refractivity contribution in [1.29, 1.82) is 0 Å². The van der Waals surface area contributed by atoms with Gasteiger partial charge in [-0.3, -0.25) is 0 Å². The van der Waals surface area contributed by atoms with E-state index in [4.69, 9.17) is 11.6 Å². The molecule has 0 saturated carbocycles. The van der Waals surface area contributed by atoms with Crippen molar-refractivity contribution in [2.24, 2.45) is 0 Å². The number of nitrogens with zero attached hydrogens (tertiary/aromatic N) is 2. The molecule has 2 N–H and O–H groups in total. The van der Waals surface area contributed by atoms with Crippen molar-refractivity contribution in [2.45, 2.75) is 60.2 Å². The van der Waals surface area contributed by atoms with Gasteiger partial charge in [0.15, 0.2) is 0 Å². The molecule has 0 radical (unpaired) electrons. The van der Waals surface area contributed by atoms with Gasteiger partial charge in [-0.25, -0.2) is 0 Å². The minimum absolute atomic E-state index is 0.0743. The second-order valence-electron chi connectivity index (χ2n) is 38.5. The maximum Gasteiger partial charge on any atom is 0.488 e. The van der Waals surface area contributed by atoms with Crippen LogP contribution in [0, 0.1) is 0 Å². The van der Waals surface area contributed by atoms with E-state index in [-0.39, 0.29) is 10.8 Å². The molecule has 644 valence electrons. The summed E-state index contributed by atoms with van der Waals surface area (Å²) < 4.78 is 0. The van der Waals surface area contributed by atoms with Crippen LogP contribution < -0.4 is 15.3 Å². The van der Waals surface area contributed by atoms with Crippen molar-refractivity contribution in [2.75, 3.05) is 9.80 Å². The molecule has 0 amide bonds. The summed E-state index contributed by atoms with van der Waals surface area (Å²) in [5.41, 5.74) is 49.5. The smallest absolute Gasteiger partial charge is 0.423 e.